The summed E-state index contributed by atoms with van der Waals surface area (Å²) in [5.41, 5.74) is 26.4. The predicted molar refractivity (Wildman–Crippen MR) is 454 cm³/mol. The monoisotopic (exact) mass is 1450 g/mol. The summed E-state index contributed by atoms with van der Waals surface area (Å²) < 4.78 is 17.2. The van der Waals surface area contributed by atoms with Crippen LogP contribution < -0.4 is 0 Å². The van der Waals surface area contributed by atoms with Gasteiger partial charge in [0.15, 0.2) is 12.1 Å². The second-order valence-electron chi connectivity index (χ2n) is 28.0. The predicted octanol–water partition coefficient (Wildman–Crippen LogP) is 28.0. The molecule has 1 aliphatic rings. The molecule has 520 valence electrons. The first-order chi connectivity index (χ1) is 52.9. The van der Waals surface area contributed by atoms with Crippen LogP contribution in [0.15, 0.2) is 364 Å². The summed E-state index contributed by atoms with van der Waals surface area (Å²) in [6.07, 6.45) is -0.372. The molecule has 0 atom stereocenters. The van der Waals surface area contributed by atoms with Gasteiger partial charge in [0.1, 0.15) is 0 Å². The summed E-state index contributed by atoms with van der Waals surface area (Å²) in [6.45, 7) is 8.36. The lowest BCUT2D eigenvalue weighted by molar-refractivity contribution is -0.0895. The van der Waals surface area contributed by atoms with Crippen molar-refractivity contribution in [2.45, 2.75) is 45.2 Å². The molecule has 0 aliphatic carbocycles. The summed E-state index contributed by atoms with van der Waals surface area (Å²) in [5, 5.41) is 2.59. The number of ether oxygens (including phenoxy) is 2. The van der Waals surface area contributed by atoms with E-state index in [9.17, 15) is 0 Å². The van der Waals surface area contributed by atoms with Crippen molar-refractivity contribution in [2.75, 3.05) is 0 Å². The van der Waals surface area contributed by atoms with E-state index >= 15 is 0 Å². The molecule has 0 bridgehead atoms. The lowest BCUT2D eigenvalue weighted by Gasteiger charge is -2.30. The van der Waals surface area contributed by atoms with Crippen LogP contribution in [-0.4, -0.2) is 31.1 Å². The first-order valence-corrected chi connectivity index (χ1v) is 38.3. The van der Waals surface area contributed by atoms with Crippen molar-refractivity contribution < 1.29 is 9.47 Å². The third kappa shape index (κ3) is 14.4. The first kappa shape index (κ1) is 69.0. The smallest absolute Gasteiger partial charge is 0.223 e. The van der Waals surface area contributed by atoms with Gasteiger partial charge in [-0.25, -0.2) is 19.9 Å². The number of fused-ring (bicyclic) bond motifs is 6. The van der Waals surface area contributed by atoms with Crippen LogP contribution in [0.3, 0.4) is 0 Å². The molecule has 1 saturated heterocycles. The van der Waals surface area contributed by atoms with Crippen LogP contribution in [0.25, 0.3) is 164 Å². The molecule has 0 N–H and O–H groups in total. The third-order valence-corrected chi connectivity index (χ3v) is 23.0. The topological polar surface area (TPSA) is 70.0 Å². The van der Waals surface area contributed by atoms with Gasteiger partial charge in [-0.05, 0) is 177 Å². The van der Waals surface area contributed by atoms with Crippen molar-refractivity contribution >= 4 is 74.9 Å². The zero-order valence-corrected chi connectivity index (χ0v) is 62.4. The van der Waals surface area contributed by atoms with Gasteiger partial charge in [-0.2, -0.15) is 0 Å². The molecule has 5 heterocycles. The summed E-state index contributed by atoms with van der Waals surface area (Å²) in [5.74, 6) is 0.735. The van der Waals surface area contributed by atoms with Crippen LogP contribution in [0.1, 0.15) is 39.5 Å². The third-order valence-electron chi connectivity index (χ3n) is 20.5. The molecule has 9 heteroatoms. The van der Waals surface area contributed by atoms with Crippen LogP contribution in [0.5, 0.6) is 0 Å². The lowest BCUT2D eigenvalue weighted by Crippen LogP contribution is -2.41. The molecule has 0 saturated carbocycles. The van der Waals surface area contributed by atoms with E-state index in [4.69, 9.17) is 31.0 Å². The van der Waals surface area contributed by atoms with Crippen molar-refractivity contribution in [1.82, 2.24) is 19.9 Å². The van der Waals surface area contributed by atoms with Gasteiger partial charge in [-0.3, -0.25) is 0 Å². The van der Waals surface area contributed by atoms with E-state index in [-0.39, 0.29) is 17.5 Å². The maximum atomic E-state index is 6.30. The molecular formula is C99H73ClN4O2S2. The van der Waals surface area contributed by atoms with Crippen LogP contribution in [-0.2, 0) is 9.47 Å². The normalized spacial score (nSPS) is 13.1. The molecule has 0 radical (unpaired) electrons. The van der Waals surface area contributed by atoms with E-state index in [2.05, 4.69) is 353 Å². The number of benzene rings is 14. The fraction of sp³-hybridized carbons (Fsp3) is 0.0707. The number of hydrogen-bond donors (Lipinski definition) is 0. The highest BCUT2D eigenvalue weighted by atomic mass is 35.5. The zero-order valence-electron chi connectivity index (χ0n) is 60.0. The second kappa shape index (κ2) is 30.0. The maximum absolute atomic E-state index is 6.30. The van der Waals surface area contributed by atoms with E-state index in [0.717, 1.165) is 82.0 Å². The molecule has 0 amide bonds. The minimum atomic E-state index is -0.372. The number of rotatable bonds is 12. The average molecular weight is 1450 g/mol. The molecule has 19 rings (SSSR count). The number of nitrogens with zero attached hydrogens (tertiary/aromatic N) is 4. The Morgan fingerprint density at radius 1 is 0.259 bits per heavy atom. The number of thiophene rings is 2. The minimum absolute atomic E-state index is 0.292. The molecule has 1 aliphatic heterocycles. The molecule has 0 unspecified atom stereocenters. The zero-order chi connectivity index (χ0) is 73.1. The Kier molecular flexibility index (Phi) is 19.2. The van der Waals surface area contributed by atoms with Crippen LogP contribution in [0.2, 0.25) is 5.28 Å². The second-order valence-corrected chi connectivity index (χ2v) is 30.5. The van der Waals surface area contributed by atoms with Crippen molar-refractivity contribution in [3.8, 4) is 123 Å². The minimum Gasteiger partial charge on any atom is -0.339 e. The van der Waals surface area contributed by atoms with E-state index < -0.39 is 0 Å². The van der Waals surface area contributed by atoms with Gasteiger partial charge in [-0.1, -0.05) is 315 Å². The average Bonchev–Trinajstić information content (AvgIpc) is 1.61. The van der Waals surface area contributed by atoms with Crippen LogP contribution in [0.4, 0.5) is 0 Å². The Morgan fingerprint density at radius 2 is 0.537 bits per heavy atom. The highest BCUT2D eigenvalue weighted by Crippen LogP contribution is 2.47. The van der Waals surface area contributed by atoms with E-state index in [1.54, 1.807) is 22.7 Å². The molecule has 1 fully saturated rings. The molecular weight excluding hydrogens is 1380 g/mol. The van der Waals surface area contributed by atoms with Crippen molar-refractivity contribution in [3.63, 3.8) is 0 Å². The van der Waals surface area contributed by atoms with Gasteiger partial charge >= 0.3 is 0 Å². The molecule has 14 aromatic carbocycles. The van der Waals surface area contributed by atoms with E-state index in [1.807, 2.05) is 48.5 Å². The van der Waals surface area contributed by atoms with Gasteiger partial charge in [0.25, 0.3) is 0 Å². The van der Waals surface area contributed by atoms with Gasteiger partial charge in [0, 0.05) is 42.4 Å². The van der Waals surface area contributed by atoms with Gasteiger partial charge < -0.3 is 9.47 Å². The van der Waals surface area contributed by atoms with Crippen molar-refractivity contribution in [3.05, 3.63) is 375 Å². The largest absolute Gasteiger partial charge is 0.339 e. The van der Waals surface area contributed by atoms with E-state index in [0.29, 0.717) is 5.28 Å². The molecule has 108 heavy (non-hydrogen) atoms. The van der Waals surface area contributed by atoms with Gasteiger partial charge in [-0.15, -0.1) is 22.7 Å². The highest BCUT2D eigenvalue weighted by Gasteiger charge is 2.49. The SMILES string of the molecule is CC1(C)OC(c2cccc(-c3cccc(-c4cccc(-c5ccc(-c6ccccc6)cc5)c4)c3)c2)OC1(C)C.Clc1nc(-c2ccccc2)c2sc3ccccc3c2n1.c1ccc(-c2ccc(-c3cccc(-c4cccc(-c5cccc(-c6nc(-c7ccccc7)c7sc8ccccc8c7n6)c5)c4)c3)cc2)cc1. The maximum Gasteiger partial charge on any atom is 0.223 e. The van der Waals surface area contributed by atoms with Crippen LogP contribution >= 0.6 is 34.3 Å². The first-order valence-electron chi connectivity index (χ1n) is 36.3. The molecule has 4 aromatic heterocycles. The van der Waals surface area contributed by atoms with E-state index in [1.165, 1.54) is 87.1 Å². The summed E-state index contributed by atoms with van der Waals surface area (Å²) >= 11 is 9.58. The van der Waals surface area contributed by atoms with Crippen LogP contribution in [0, 0.1) is 0 Å². The quantitative estimate of drug-likeness (QED) is 0.114. The highest BCUT2D eigenvalue weighted by molar-refractivity contribution is 7.26. The number of aromatic nitrogens is 4. The number of hydrogen-bond acceptors (Lipinski definition) is 8. The Bertz CT molecular complexity index is 6250. The summed E-state index contributed by atoms with van der Waals surface area (Å²) in [7, 11) is 0. The Morgan fingerprint density at radius 3 is 0.935 bits per heavy atom. The fourth-order valence-corrected chi connectivity index (χ4v) is 16.5. The molecule has 0 spiro atoms. The Hall–Kier alpha value is -12.1. The standard InChI is InChI=1S/C46H30N2S.C37H34O2.C16H9ClN2S/c1-3-12-31(13-4-1)32-24-26-33(27-25-32)35-16-9-17-36(28-35)37-18-10-19-38(29-37)39-20-11-21-40(30-39)46-47-43(34-14-5-2-6-15-34)45-44(48-46)41-22-7-8-23-42(41)49-45;1-36(2)37(3,4)39-35(38-36)34-18-10-17-33(25-34)32-16-9-15-31(24-32)30-14-8-13-29(23-30)28-21-19-27(20-22-28)26-11-6-5-7-12-26;17-16-18-13(10-6-2-1-3-7-10)15-14(19-16)11-8-4-5-9-12(11)20-15/h1-30H;5-25,35H,1-4H3;1-9H. The summed E-state index contributed by atoms with van der Waals surface area (Å²) in [4.78, 5) is 19.2. The molecule has 6 nitrogen and oxygen atoms in total. The number of halogens is 1. The van der Waals surface area contributed by atoms with Gasteiger partial charge in [0.2, 0.25) is 5.28 Å². The Balaban J connectivity index is 0.000000128. The molecule has 18 aromatic rings. The Labute approximate surface area is 642 Å². The lowest BCUT2D eigenvalue weighted by atomic mass is 9.90. The van der Waals surface area contributed by atoms with Crippen molar-refractivity contribution in [2.24, 2.45) is 0 Å². The summed E-state index contributed by atoms with van der Waals surface area (Å²) in [6, 6.07) is 128. The van der Waals surface area contributed by atoms with Crippen molar-refractivity contribution in [1.29, 1.82) is 0 Å². The fourth-order valence-electron chi connectivity index (χ4n) is 14.0. The van der Waals surface area contributed by atoms with Gasteiger partial charge in [0.05, 0.1) is 43.0 Å².